The number of thiocarbonyl (C=S) groups is 1. The molecular weight excluding hydrogens is 362 g/mol. The quantitative estimate of drug-likeness (QED) is 0.625. The summed E-state index contributed by atoms with van der Waals surface area (Å²) in [4.78, 5) is 7.79. The molecule has 1 aromatic carbocycles. The minimum Gasteiger partial charge on any atom is -0.481 e. The Balaban J connectivity index is 2.08. The van der Waals surface area contributed by atoms with Crippen LogP contribution in [0.2, 0.25) is 0 Å². The van der Waals surface area contributed by atoms with E-state index < -0.39 is 10.0 Å². The molecule has 0 saturated carbocycles. The molecule has 2 aromatic rings. The highest BCUT2D eigenvalue weighted by Gasteiger charge is 2.15. The van der Waals surface area contributed by atoms with E-state index in [4.69, 9.17) is 17.0 Å². The van der Waals surface area contributed by atoms with Crippen molar-refractivity contribution in [3.63, 3.8) is 0 Å². The van der Waals surface area contributed by atoms with Crippen molar-refractivity contribution < 1.29 is 13.2 Å². The average molecular weight is 381 g/mol. The monoisotopic (exact) mass is 381 g/mol. The van der Waals surface area contributed by atoms with Gasteiger partial charge in [-0.25, -0.2) is 18.4 Å². The van der Waals surface area contributed by atoms with E-state index in [0.29, 0.717) is 10.8 Å². The van der Waals surface area contributed by atoms with Gasteiger partial charge in [0.1, 0.15) is 12.1 Å². The second-order valence-corrected chi connectivity index (χ2v) is 7.05. The molecule has 8 nitrogen and oxygen atoms in total. The Morgan fingerprint density at radius 2 is 1.96 bits per heavy atom. The van der Waals surface area contributed by atoms with Crippen molar-refractivity contribution in [2.75, 3.05) is 23.7 Å². The molecule has 134 valence electrons. The zero-order valence-electron chi connectivity index (χ0n) is 13.8. The van der Waals surface area contributed by atoms with Gasteiger partial charge < -0.3 is 15.4 Å². The first kappa shape index (κ1) is 18.9. The van der Waals surface area contributed by atoms with E-state index in [1.807, 2.05) is 6.92 Å². The van der Waals surface area contributed by atoms with Gasteiger partial charge in [-0.15, -0.1) is 0 Å². The van der Waals surface area contributed by atoms with Crippen LogP contribution < -0.4 is 20.1 Å². The van der Waals surface area contributed by atoms with E-state index in [9.17, 15) is 8.42 Å². The van der Waals surface area contributed by atoms with Crippen molar-refractivity contribution >= 4 is 38.9 Å². The number of nitrogens with zero attached hydrogens (tertiary/aromatic N) is 2. The average Bonchev–Trinajstić information content (AvgIpc) is 2.60. The summed E-state index contributed by atoms with van der Waals surface area (Å²) in [6.45, 7) is 2.81. The number of sulfonamides is 1. The van der Waals surface area contributed by atoms with Crippen LogP contribution in [0.3, 0.4) is 0 Å². The summed E-state index contributed by atoms with van der Waals surface area (Å²) in [5.74, 6) is 0.388. The molecule has 2 rings (SSSR count). The molecule has 0 fully saturated rings. The highest BCUT2D eigenvalue weighted by molar-refractivity contribution is 7.92. The summed E-state index contributed by atoms with van der Waals surface area (Å²) >= 11 is 5.14. The van der Waals surface area contributed by atoms with Crippen molar-refractivity contribution in [3.05, 3.63) is 36.7 Å². The maximum absolute atomic E-state index is 12.4. The molecule has 0 aliphatic rings. The molecule has 0 atom stereocenters. The number of hydrogen-bond donors (Lipinski definition) is 3. The molecule has 0 saturated heterocycles. The van der Waals surface area contributed by atoms with E-state index in [0.717, 1.165) is 13.0 Å². The van der Waals surface area contributed by atoms with Crippen molar-refractivity contribution in [2.45, 2.75) is 18.2 Å². The van der Waals surface area contributed by atoms with Crippen molar-refractivity contribution in [2.24, 2.45) is 0 Å². The van der Waals surface area contributed by atoms with Crippen LogP contribution in [0.1, 0.15) is 13.3 Å². The fraction of sp³-hybridized carbons (Fsp3) is 0.267. The first-order chi connectivity index (χ1) is 11.9. The summed E-state index contributed by atoms with van der Waals surface area (Å²) in [6, 6.07) is 7.62. The summed E-state index contributed by atoms with van der Waals surface area (Å²) in [5, 5.41) is 6.51. The zero-order chi connectivity index (χ0) is 18.3. The van der Waals surface area contributed by atoms with Gasteiger partial charge in [0.15, 0.2) is 5.11 Å². The first-order valence-corrected chi connectivity index (χ1v) is 9.37. The van der Waals surface area contributed by atoms with Crippen LogP contribution in [0.5, 0.6) is 5.88 Å². The number of nitrogens with one attached hydrogen (secondary N) is 3. The van der Waals surface area contributed by atoms with E-state index in [2.05, 4.69) is 25.3 Å². The second kappa shape index (κ2) is 8.58. The minimum absolute atomic E-state index is 0.100. The molecule has 0 amide bonds. The van der Waals surface area contributed by atoms with Crippen LogP contribution in [0.25, 0.3) is 0 Å². The Morgan fingerprint density at radius 1 is 1.24 bits per heavy atom. The lowest BCUT2D eigenvalue weighted by Crippen LogP contribution is -2.28. The van der Waals surface area contributed by atoms with Crippen LogP contribution in [-0.2, 0) is 10.0 Å². The second-order valence-electron chi connectivity index (χ2n) is 4.96. The van der Waals surface area contributed by atoms with Crippen molar-refractivity contribution in [1.29, 1.82) is 0 Å². The van der Waals surface area contributed by atoms with Gasteiger partial charge in [-0.2, -0.15) is 0 Å². The Bertz CT molecular complexity index is 825. The summed E-state index contributed by atoms with van der Waals surface area (Å²) < 4.78 is 32.1. The Hall–Kier alpha value is -2.46. The molecule has 0 spiro atoms. The third-order valence-electron chi connectivity index (χ3n) is 3.05. The molecule has 0 bridgehead atoms. The number of benzene rings is 1. The molecule has 0 unspecified atom stereocenters. The van der Waals surface area contributed by atoms with Gasteiger partial charge in [-0.3, -0.25) is 4.72 Å². The Kier molecular flexibility index (Phi) is 6.48. The van der Waals surface area contributed by atoms with Crippen LogP contribution >= 0.6 is 12.2 Å². The predicted molar refractivity (Wildman–Crippen MR) is 100 cm³/mol. The zero-order valence-corrected chi connectivity index (χ0v) is 15.4. The topological polar surface area (TPSA) is 105 Å². The molecule has 1 aromatic heterocycles. The van der Waals surface area contributed by atoms with Gasteiger partial charge in [0.2, 0.25) is 5.88 Å². The minimum atomic E-state index is -3.77. The van der Waals surface area contributed by atoms with Crippen LogP contribution in [0.15, 0.2) is 41.6 Å². The fourth-order valence-corrected chi connectivity index (χ4v) is 3.05. The third kappa shape index (κ3) is 5.54. The number of aromatic nitrogens is 2. The van der Waals surface area contributed by atoms with E-state index in [-0.39, 0.29) is 16.6 Å². The molecule has 10 heteroatoms. The lowest BCUT2D eigenvalue weighted by molar-refractivity contribution is 0.397. The lowest BCUT2D eigenvalue weighted by Gasteiger charge is -2.11. The molecule has 0 aliphatic carbocycles. The van der Waals surface area contributed by atoms with E-state index >= 15 is 0 Å². The number of hydrogen-bond acceptors (Lipinski definition) is 6. The van der Waals surface area contributed by atoms with Crippen molar-refractivity contribution in [3.8, 4) is 5.88 Å². The Labute approximate surface area is 152 Å². The van der Waals surface area contributed by atoms with Gasteiger partial charge in [0, 0.05) is 18.3 Å². The molecule has 0 radical (unpaired) electrons. The fourth-order valence-electron chi connectivity index (χ4n) is 1.83. The molecule has 3 N–H and O–H groups in total. The van der Waals surface area contributed by atoms with Gasteiger partial charge in [-0.1, -0.05) is 6.92 Å². The number of rotatable bonds is 7. The van der Waals surface area contributed by atoms with Crippen LogP contribution in [0.4, 0.5) is 11.5 Å². The predicted octanol–water partition coefficient (Wildman–Crippen LogP) is 1.98. The van der Waals surface area contributed by atoms with Gasteiger partial charge in [0.05, 0.1) is 12.0 Å². The smallest absolute Gasteiger partial charge is 0.263 e. The Morgan fingerprint density at radius 3 is 2.60 bits per heavy atom. The molecule has 0 aliphatic heterocycles. The molecule has 25 heavy (non-hydrogen) atoms. The molecule has 1 heterocycles. The summed E-state index contributed by atoms with van der Waals surface area (Å²) in [7, 11) is -2.33. The highest BCUT2D eigenvalue weighted by atomic mass is 32.2. The van der Waals surface area contributed by atoms with Gasteiger partial charge in [0.25, 0.3) is 10.0 Å². The van der Waals surface area contributed by atoms with Crippen LogP contribution in [0, 0.1) is 0 Å². The van der Waals surface area contributed by atoms with E-state index in [1.54, 1.807) is 12.1 Å². The number of anilines is 2. The highest BCUT2D eigenvalue weighted by Crippen LogP contribution is 2.18. The maximum atomic E-state index is 12.4. The van der Waals surface area contributed by atoms with E-state index in [1.165, 1.54) is 31.6 Å². The molecular formula is C15H19N5O3S2. The number of methoxy groups -OCH3 is 1. The maximum Gasteiger partial charge on any atom is 0.263 e. The van der Waals surface area contributed by atoms with Gasteiger partial charge in [-0.05, 0) is 42.9 Å². The SMILES string of the molecule is CCCNC(=S)Nc1ccc(S(=O)(=O)Nc2cc(OC)ncn2)cc1. The standard InChI is InChI=1S/C15H19N5O3S2/c1-3-8-16-15(24)19-11-4-6-12(7-5-11)25(21,22)20-13-9-14(23-2)18-10-17-13/h4-7,9-10H,3,8H2,1-2H3,(H2,16,19,24)(H,17,18,20). The van der Waals surface area contributed by atoms with Crippen molar-refractivity contribution in [1.82, 2.24) is 15.3 Å². The summed E-state index contributed by atoms with van der Waals surface area (Å²) in [5.41, 5.74) is 0.691. The normalized spacial score (nSPS) is 10.8. The first-order valence-electron chi connectivity index (χ1n) is 7.48. The van der Waals surface area contributed by atoms with Crippen LogP contribution in [-0.4, -0.2) is 37.2 Å². The summed E-state index contributed by atoms with van der Waals surface area (Å²) in [6.07, 6.45) is 2.17. The third-order valence-corrected chi connectivity index (χ3v) is 4.67. The largest absolute Gasteiger partial charge is 0.481 e. The number of ether oxygens (including phenoxy) is 1. The lowest BCUT2D eigenvalue weighted by atomic mass is 10.3. The van der Waals surface area contributed by atoms with Gasteiger partial charge >= 0.3 is 0 Å².